The number of fused-ring (bicyclic) bond motifs is 15. The van der Waals surface area contributed by atoms with Crippen molar-refractivity contribution in [3.63, 3.8) is 0 Å². The van der Waals surface area contributed by atoms with Gasteiger partial charge in [0, 0.05) is 106 Å². The number of thiophene rings is 2. The molecule has 0 saturated heterocycles. The van der Waals surface area contributed by atoms with Crippen LogP contribution in [0.5, 0.6) is 0 Å². The lowest BCUT2D eigenvalue weighted by molar-refractivity contribution is 0.669. The van der Waals surface area contributed by atoms with E-state index in [1.165, 1.54) is 51.5 Å². The van der Waals surface area contributed by atoms with E-state index in [-0.39, 0.29) is 0 Å². The van der Waals surface area contributed by atoms with Gasteiger partial charge in [0.15, 0.2) is 29.1 Å². The summed E-state index contributed by atoms with van der Waals surface area (Å²) in [5, 5.41) is 11.5. The zero-order valence-electron chi connectivity index (χ0n) is 57.1. The van der Waals surface area contributed by atoms with Gasteiger partial charge in [-0.05, 0) is 112 Å². The summed E-state index contributed by atoms with van der Waals surface area (Å²) in [7, 11) is 0. The van der Waals surface area contributed by atoms with E-state index in [0.29, 0.717) is 35.1 Å². The average molecular weight is 1400 g/mol. The first-order chi connectivity index (χ1) is 53.0. The molecule has 0 aliphatic rings. The van der Waals surface area contributed by atoms with Gasteiger partial charge in [-0.25, -0.2) is 19.9 Å². The Morgan fingerprint density at radius 2 is 0.664 bits per heavy atom. The Bertz CT molecular complexity index is 7330. The number of para-hydroxylation sites is 2. The van der Waals surface area contributed by atoms with E-state index < -0.39 is 0 Å². The molecule has 0 saturated carbocycles. The van der Waals surface area contributed by atoms with Gasteiger partial charge in [0.05, 0.1) is 27.8 Å². The molecule has 0 aliphatic heterocycles. The first kappa shape index (κ1) is 60.7. The first-order valence-corrected chi connectivity index (χ1v) is 37.4. The second-order valence-corrected chi connectivity index (χ2v) is 29.3. The molecule has 0 amide bonds. The van der Waals surface area contributed by atoms with Gasteiger partial charge < -0.3 is 8.98 Å². The molecule has 498 valence electrons. The van der Waals surface area contributed by atoms with Crippen LogP contribution in [0, 0.1) is 0 Å². The molecule has 11 heteroatoms. The fourth-order valence-corrected chi connectivity index (χ4v) is 18.6. The maximum absolute atomic E-state index is 6.89. The van der Waals surface area contributed by atoms with Crippen molar-refractivity contribution in [1.29, 1.82) is 0 Å². The summed E-state index contributed by atoms with van der Waals surface area (Å²) in [6.45, 7) is 0. The van der Waals surface area contributed by atoms with Crippen LogP contribution in [0.4, 0.5) is 0 Å². The predicted molar refractivity (Wildman–Crippen MR) is 444 cm³/mol. The van der Waals surface area contributed by atoms with Crippen LogP contribution in [0.15, 0.2) is 344 Å². The molecule has 107 heavy (non-hydrogen) atoms. The van der Waals surface area contributed by atoms with Crippen molar-refractivity contribution in [3.8, 4) is 113 Å². The smallest absolute Gasteiger partial charge is 0.238 e. The Balaban J connectivity index is 0.628. The van der Waals surface area contributed by atoms with Crippen LogP contribution in [0.1, 0.15) is 0 Å². The lowest BCUT2D eigenvalue weighted by Gasteiger charge is -2.16. The summed E-state index contributed by atoms with van der Waals surface area (Å²) >= 11 is 3.70. The molecular weight excluding hydrogens is 1350 g/mol. The zero-order valence-corrected chi connectivity index (χ0v) is 58.8. The molecule has 15 aromatic carbocycles. The molecule has 0 radical (unpaired) electrons. The van der Waals surface area contributed by atoms with Crippen LogP contribution in [-0.4, -0.2) is 39.0 Å². The minimum Gasteiger partial charge on any atom is -0.456 e. The summed E-state index contributed by atoms with van der Waals surface area (Å²) in [6.07, 6.45) is 0. The summed E-state index contributed by atoms with van der Waals surface area (Å²) in [5.74, 6) is 3.51. The highest BCUT2D eigenvalue weighted by molar-refractivity contribution is 7.26. The highest BCUT2D eigenvalue weighted by Gasteiger charge is 2.25. The Labute approximate surface area is 620 Å². The number of furan rings is 1. The van der Waals surface area contributed by atoms with Crippen molar-refractivity contribution in [3.05, 3.63) is 340 Å². The fourth-order valence-electron chi connectivity index (χ4n) is 16.1. The molecule has 0 N–H and O–H groups in total. The molecule has 0 bridgehead atoms. The topological polar surface area (TPSA) is 100 Å². The standard InChI is InChI=1S/C96H56N8OS2/c1-5-22-57(23-6-1)66-47-44-65(94-98-91(58-24-7-2-8-25-58)97-92(99-94)59-26-9-3-10-27-59)54-83(66)103-79-38-16-13-30-69(79)77-52-63(45-50-81(77)103)68-34-20-36-74-72-48-42-62(56-87(72)107-90(68)74)61-43-49-75-85(55-61)105-84-40-21-37-76(88(75)84)95-100-93(60-28-11-4-12-29-60)101-96(102-95)104-80-39-17-14-31-70(80)78-53-64(46-51-82(78)104)67-33-19-35-73-71-32-15-18-41-86(71)106-89(67)73/h1-56H. The van der Waals surface area contributed by atoms with Crippen LogP contribution in [0.25, 0.3) is 219 Å². The summed E-state index contributed by atoms with van der Waals surface area (Å²) in [4.78, 5) is 31.5. The number of aromatic nitrogens is 8. The van der Waals surface area contributed by atoms with Gasteiger partial charge in [0.2, 0.25) is 5.95 Å². The van der Waals surface area contributed by atoms with Gasteiger partial charge in [0.1, 0.15) is 11.2 Å². The van der Waals surface area contributed by atoms with Gasteiger partial charge in [-0.15, -0.1) is 22.7 Å². The van der Waals surface area contributed by atoms with Crippen molar-refractivity contribution < 1.29 is 4.42 Å². The van der Waals surface area contributed by atoms with Crippen molar-refractivity contribution in [2.45, 2.75) is 0 Å². The molecule has 22 aromatic rings. The normalized spacial score (nSPS) is 11.9. The number of hydrogen-bond donors (Lipinski definition) is 0. The van der Waals surface area contributed by atoms with Gasteiger partial charge in [-0.3, -0.25) is 4.57 Å². The van der Waals surface area contributed by atoms with E-state index in [9.17, 15) is 0 Å². The van der Waals surface area contributed by atoms with Crippen LogP contribution in [0.2, 0.25) is 0 Å². The van der Waals surface area contributed by atoms with E-state index >= 15 is 0 Å². The predicted octanol–water partition coefficient (Wildman–Crippen LogP) is 25.9. The molecule has 0 atom stereocenters. The monoisotopic (exact) mass is 1400 g/mol. The number of nitrogens with zero attached hydrogens (tertiary/aromatic N) is 8. The molecule has 0 fully saturated rings. The molecule has 7 aromatic heterocycles. The molecule has 9 nitrogen and oxygen atoms in total. The van der Waals surface area contributed by atoms with E-state index in [1.807, 2.05) is 114 Å². The van der Waals surface area contributed by atoms with E-state index in [1.54, 1.807) is 0 Å². The van der Waals surface area contributed by atoms with Crippen LogP contribution in [-0.2, 0) is 0 Å². The maximum atomic E-state index is 6.89. The third kappa shape index (κ3) is 9.97. The average Bonchev–Trinajstić information content (AvgIpc) is 1.59. The SMILES string of the molecule is c1ccc(-c2nc(-c3ccccc3)nc(-c3ccc(-c4ccccc4)c(-n4c5ccccc5c5cc(-c6cccc7c6sc6cc(-c8ccc9c(c8)oc8cccc(-c%10nc(-c%11ccccc%11)nc(-n%11c%12ccccc%12c%12cc(-c%13cccc%14c%13sc%13ccccc%13%14)ccc%12%11)n%10)c89)ccc67)ccc54)c3)n2)cc1. The minimum absolute atomic E-state index is 0.533. The highest BCUT2D eigenvalue weighted by atomic mass is 32.1. The summed E-state index contributed by atoms with van der Waals surface area (Å²) in [5.41, 5.74) is 20.4. The van der Waals surface area contributed by atoms with Crippen molar-refractivity contribution in [2.75, 3.05) is 0 Å². The Morgan fingerprint density at radius 3 is 1.30 bits per heavy atom. The zero-order chi connectivity index (χ0) is 70.2. The van der Waals surface area contributed by atoms with E-state index in [4.69, 9.17) is 34.3 Å². The largest absolute Gasteiger partial charge is 0.456 e. The third-order valence-corrected chi connectivity index (χ3v) is 23.5. The summed E-state index contributed by atoms with van der Waals surface area (Å²) < 4.78 is 16.5. The molecule has 0 aliphatic carbocycles. The summed E-state index contributed by atoms with van der Waals surface area (Å²) in [6, 6.07) is 121. The van der Waals surface area contributed by atoms with Crippen molar-refractivity contribution in [1.82, 2.24) is 39.0 Å². The Hall–Kier alpha value is -13.8. The van der Waals surface area contributed by atoms with Gasteiger partial charge in [-0.2, -0.15) is 9.97 Å². The Morgan fingerprint density at radius 1 is 0.224 bits per heavy atom. The number of rotatable bonds is 11. The molecular formula is C96H56N8OS2. The number of benzene rings is 15. The quantitative estimate of drug-likeness (QED) is 0.127. The lowest BCUT2D eigenvalue weighted by atomic mass is 9.99. The van der Waals surface area contributed by atoms with Gasteiger partial charge in [0.25, 0.3) is 0 Å². The first-order valence-electron chi connectivity index (χ1n) is 35.8. The highest BCUT2D eigenvalue weighted by Crippen LogP contribution is 2.47. The van der Waals surface area contributed by atoms with Crippen LogP contribution >= 0.6 is 22.7 Å². The van der Waals surface area contributed by atoms with Crippen molar-refractivity contribution >= 4 is 129 Å². The second-order valence-electron chi connectivity index (χ2n) is 27.2. The second kappa shape index (κ2) is 24.4. The van der Waals surface area contributed by atoms with Gasteiger partial charge in [-0.1, -0.05) is 267 Å². The number of hydrogen-bond acceptors (Lipinski definition) is 9. The minimum atomic E-state index is 0.533. The third-order valence-electron chi connectivity index (χ3n) is 21.1. The van der Waals surface area contributed by atoms with Gasteiger partial charge >= 0.3 is 0 Å². The van der Waals surface area contributed by atoms with Crippen molar-refractivity contribution in [2.24, 2.45) is 0 Å². The molecule has 0 spiro atoms. The van der Waals surface area contributed by atoms with E-state index in [2.05, 4.69) is 258 Å². The molecule has 0 unspecified atom stereocenters. The lowest BCUT2D eigenvalue weighted by Crippen LogP contribution is -2.06. The molecule has 7 heterocycles. The van der Waals surface area contributed by atoms with E-state index in [0.717, 1.165) is 132 Å². The Kier molecular flexibility index (Phi) is 13.8. The van der Waals surface area contributed by atoms with Crippen LogP contribution in [0.3, 0.4) is 0 Å². The fraction of sp³-hybridized carbons (Fsp3) is 0. The maximum Gasteiger partial charge on any atom is 0.238 e. The molecule has 22 rings (SSSR count). The van der Waals surface area contributed by atoms with Crippen LogP contribution < -0.4 is 0 Å².